The monoisotopic (exact) mass is 488 g/mol. The van der Waals surface area contributed by atoms with Gasteiger partial charge in [-0.2, -0.15) is 5.10 Å². The number of pyridine rings is 1. The van der Waals surface area contributed by atoms with E-state index in [1.165, 1.54) is 30.5 Å². The van der Waals surface area contributed by atoms with Gasteiger partial charge in [-0.25, -0.2) is 13.9 Å². The van der Waals surface area contributed by atoms with Crippen LogP contribution in [-0.2, 0) is 0 Å². The van der Waals surface area contributed by atoms with E-state index in [-0.39, 0.29) is 28.8 Å². The van der Waals surface area contributed by atoms with Gasteiger partial charge in [-0.05, 0) is 48.7 Å². The number of anilines is 2. The second-order valence-corrected chi connectivity index (χ2v) is 8.42. The zero-order valence-corrected chi connectivity index (χ0v) is 19.9. The van der Waals surface area contributed by atoms with Gasteiger partial charge in [0.2, 0.25) is 0 Å². The van der Waals surface area contributed by atoms with Crippen LogP contribution >= 0.6 is 0 Å². The van der Waals surface area contributed by atoms with Gasteiger partial charge in [-0.15, -0.1) is 0 Å². The van der Waals surface area contributed by atoms with Gasteiger partial charge in [0.15, 0.2) is 0 Å². The fourth-order valence-electron chi connectivity index (χ4n) is 3.40. The van der Waals surface area contributed by atoms with E-state index in [2.05, 4.69) is 20.7 Å². The molecule has 0 aliphatic heterocycles. The molecular weight excluding hydrogens is 463 g/mol. The van der Waals surface area contributed by atoms with E-state index < -0.39 is 17.8 Å². The molecule has 4 aromatic rings. The summed E-state index contributed by atoms with van der Waals surface area (Å²) in [7, 11) is 0. The van der Waals surface area contributed by atoms with Crippen LogP contribution in [0.25, 0.3) is 5.69 Å². The van der Waals surface area contributed by atoms with Gasteiger partial charge in [0.25, 0.3) is 5.91 Å². The lowest BCUT2D eigenvalue weighted by molar-refractivity contribution is 0.0995. The van der Waals surface area contributed by atoms with E-state index in [0.29, 0.717) is 5.82 Å². The zero-order valence-electron chi connectivity index (χ0n) is 19.9. The first-order chi connectivity index (χ1) is 17.2. The third-order valence-corrected chi connectivity index (χ3v) is 5.22. The van der Waals surface area contributed by atoms with Crippen LogP contribution in [0.2, 0.25) is 0 Å². The average Bonchev–Trinajstić information content (AvgIpc) is 3.25. The smallest absolute Gasteiger partial charge is 0.324 e. The summed E-state index contributed by atoms with van der Waals surface area (Å²) in [5.41, 5.74) is 7.84. The van der Waals surface area contributed by atoms with Crippen molar-refractivity contribution in [2.24, 2.45) is 5.73 Å². The first-order valence-corrected chi connectivity index (χ1v) is 11.2. The van der Waals surface area contributed by atoms with Gasteiger partial charge in [0.05, 0.1) is 17.1 Å². The lowest BCUT2D eigenvalue weighted by atomic mass is 10.1. The van der Waals surface area contributed by atoms with Crippen molar-refractivity contribution in [3.8, 4) is 17.2 Å². The van der Waals surface area contributed by atoms with Crippen molar-refractivity contribution >= 4 is 23.4 Å². The molecule has 10 heteroatoms. The van der Waals surface area contributed by atoms with E-state index in [1.807, 2.05) is 45.0 Å². The molecule has 0 saturated heterocycles. The van der Waals surface area contributed by atoms with Crippen LogP contribution < -0.4 is 21.1 Å². The number of aryl methyl sites for hydroxylation is 1. The Hall–Kier alpha value is -4.73. The van der Waals surface area contributed by atoms with Crippen molar-refractivity contribution in [3.63, 3.8) is 0 Å². The second-order valence-electron chi connectivity index (χ2n) is 8.42. The largest absolute Gasteiger partial charge is 0.457 e. The lowest BCUT2D eigenvalue weighted by Crippen LogP contribution is -2.22. The minimum atomic E-state index is -0.707. The topological polar surface area (TPSA) is 124 Å². The lowest BCUT2D eigenvalue weighted by Gasteiger charge is -2.12. The number of halogens is 1. The highest BCUT2D eigenvalue weighted by Crippen LogP contribution is 2.27. The number of nitrogens with one attached hydrogen (secondary N) is 2. The highest BCUT2D eigenvalue weighted by atomic mass is 19.1. The summed E-state index contributed by atoms with van der Waals surface area (Å²) in [5, 5.41) is 9.88. The number of nitrogens with zero attached hydrogens (tertiary/aromatic N) is 3. The first-order valence-electron chi connectivity index (χ1n) is 11.2. The molecule has 0 bridgehead atoms. The maximum absolute atomic E-state index is 14.7. The van der Waals surface area contributed by atoms with Gasteiger partial charge in [-0.3, -0.25) is 15.1 Å². The van der Waals surface area contributed by atoms with Crippen molar-refractivity contribution in [2.75, 3.05) is 10.6 Å². The summed E-state index contributed by atoms with van der Waals surface area (Å²) in [6, 6.07) is 15.7. The molecule has 0 aliphatic rings. The number of benzene rings is 2. The highest BCUT2D eigenvalue weighted by molar-refractivity contribution is 5.99. The number of hydrogen-bond donors (Lipinski definition) is 3. The molecule has 0 radical (unpaired) electrons. The molecule has 4 N–H and O–H groups in total. The number of primary amides is 1. The molecule has 9 nitrogen and oxygen atoms in total. The summed E-state index contributed by atoms with van der Waals surface area (Å²) in [4.78, 5) is 27.8. The van der Waals surface area contributed by atoms with E-state index in [0.717, 1.165) is 23.0 Å². The van der Waals surface area contributed by atoms with Gasteiger partial charge < -0.3 is 15.8 Å². The average molecular weight is 489 g/mol. The molecular formula is C26H25FN6O3. The van der Waals surface area contributed by atoms with Gasteiger partial charge in [-0.1, -0.05) is 26.0 Å². The molecule has 2 heterocycles. The molecule has 36 heavy (non-hydrogen) atoms. The molecule has 3 amide bonds. The number of ether oxygens (including phenoxy) is 1. The molecule has 2 aromatic heterocycles. The quantitative estimate of drug-likeness (QED) is 0.322. The number of carbonyl (C=O) groups is 2. The summed E-state index contributed by atoms with van der Waals surface area (Å²) in [6.07, 6.45) is 1.36. The normalized spacial score (nSPS) is 10.8. The molecule has 0 atom stereocenters. The fourth-order valence-corrected chi connectivity index (χ4v) is 3.40. The Bertz CT molecular complexity index is 1430. The number of carbonyl (C=O) groups excluding carboxylic acids is 2. The Morgan fingerprint density at radius 2 is 1.81 bits per heavy atom. The predicted molar refractivity (Wildman–Crippen MR) is 134 cm³/mol. The van der Waals surface area contributed by atoms with Crippen LogP contribution in [0, 0.1) is 12.7 Å². The number of hydrogen-bond acceptors (Lipinski definition) is 5. The van der Waals surface area contributed by atoms with Crippen LogP contribution in [0.4, 0.5) is 20.7 Å². The molecule has 2 aromatic carbocycles. The number of urea groups is 1. The van der Waals surface area contributed by atoms with Crippen LogP contribution in [0.5, 0.6) is 11.5 Å². The third-order valence-electron chi connectivity index (χ3n) is 5.22. The number of rotatable bonds is 7. The molecule has 0 aliphatic carbocycles. The molecule has 0 fully saturated rings. The summed E-state index contributed by atoms with van der Waals surface area (Å²) >= 11 is 0. The van der Waals surface area contributed by atoms with Crippen LogP contribution in [-0.4, -0.2) is 26.7 Å². The summed E-state index contributed by atoms with van der Waals surface area (Å²) in [5.74, 6) is -0.390. The Morgan fingerprint density at radius 3 is 2.50 bits per heavy atom. The van der Waals surface area contributed by atoms with Crippen LogP contribution in [0.3, 0.4) is 0 Å². The van der Waals surface area contributed by atoms with E-state index in [1.54, 1.807) is 10.7 Å². The second kappa shape index (κ2) is 10.3. The Kier molecular flexibility index (Phi) is 6.95. The summed E-state index contributed by atoms with van der Waals surface area (Å²) < 4.78 is 22.0. The van der Waals surface area contributed by atoms with Crippen molar-refractivity contribution in [3.05, 3.63) is 89.6 Å². The van der Waals surface area contributed by atoms with Crippen LogP contribution in [0.15, 0.2) is 66.9 Å². The van der Waals surface area contributed by atoms with E-state index >= 15 is 0 Å². The van der Waals surface area contributed by atoms with Gasteiger partial charge >= 0.3 is 6.03 Å². The SMILES string of the molecule is Cc1cccc(-n2nc(C(C)C)cc2NC(=O)Nc2ccc(Oc3ccnc(C(N)=O)c3)cc2F)c1. The Morgan fingerprint density at radius 1 is 1.03 bits per heavy atom. The third kappa shape index (κ3) is 5.66. The fraction of sp³-hybridized carbons (Fsp3) is 0.154. The maximum Gasteiger partial charge on any atom is 0.324 e. The number of amides is 3. The van der Waals surface area contributed by atoms with E-state index in [9.17, 15) is 14.0 Å². The Balaban J connectivity index is 1.49. The van der Waals surface area contributed by atoms with Crippen molar-refractivity contribution in [1.29, 1.82) is 0 Å². The minimum Gasteiger partial charge on any atom is -0.457 e. The molecule has 0 saturated carbocycles. The molecule has 4 rings (SSSR count). The number of nitrogens with two attached hydrogens (primary N) is 1. The Labute approximate surface area is 207 Å². The van der Waals surface area contributed by atoms with Crippen LogP contribution in [0.1, 0.15) is 41.5 Å². The van der Waals surface area contributed by atoms with E-state index in [4.69, 9.17) is 10.5 Å². The van der Waals surface area contributed by atoms with Gasteiger partial charge in [0, 0.05) is 24.4 Å². The van der Waals surface area contributed by atoms with Gasteiger partial charge in [0.1, 0.15) is 28.8 Å². The first kappa shape index (κ1) is 24.4. The molecule has 184 valence electrons. The predicted octanol–water partition coefficient (Wildman–Crippen LogP) is 5.37. The maximum atomic E-state index is 14.7. The molecule has 0 unspecified atom stereocenters. The number of aromatic nitrogens is 3. The standard InChI is InChI=1S/C26H25FN6O3/c1-15(2)22-14-24(33(32-22)17-6-4-5-16(3)11-17)31-26(35)30-21-8-7-18(12-20(21)27)36-19-9-10-29-23(13-19)25(28)34/h4-15H,1-3H3,(H2,28,34)(H2,30,31,35). The minimum absolute atomic E-state index is 0.0217. The highest BCUT2D eigenvalue weighted by Gasteiger charge is 2.16. The van der Waals surface area contributed by atoms with Crippen molar-refractivity contribution < 1.29 is 18.7 Å². The van der Waals surface area contributed by atoms with Crippen molar-refractivity contribution in [1.82, 2.24) is 14.8 Å². The van der Waals surface area contributed by atoms with Crippen molar-refractivity contribution in [2.45, 2.75) is 26.7 Å². The molecule has 0 spiro atoms. The zero-order chi connectivity index (χ0) is 25.8. The summed E-state index contributed by atoms with van der Waals surface area (Å²) in [6.45, 7) is 5.98.